The standard InChI is InChI=1S/C37H40F6N4O3S/c1-23(2)21-46(3)31-15-8-9-18-47(31)22-29-32(35(48)45-34(37(41,42)43)24-11-6-5-7-12-24)28-20-27(51(4,49)50)16-17-30(28)44-33(29)25-13-10-14-26(19-25)36(38,39)40/h5-7,10-14,16-17,19-20,23,31,34H,8-9,15,18,21-22H2,1-4H3,(H,45,48)/t31?,34-/m1/s1. The number of likely N-dealkylation sites (tertiary alicyclic amines) is 1. The summed E-state index contributed by atoms with van der Waals surface area (Å²) in [7, 11) is -1.91. The van der Waals surface area contributed by atoms with Gasteiger partial charge >= 0.3 is 12.4 Å². The number of rotatable bonds is 10. The molecule has 1 unspecified atom stereocenters. The van der Waals surface area contributed by atoms with E-state index in [2.05, 4.69) is 29.0 Å². The number of carbonyl (C=O) groups excluding carboxylic acids is 1. The van der Waals surface area contributed by atoms with Crippen LogP contribution in [0.4, 0.5) is 26.3 Å². The van der Waals surface area contributed by atoms with Crippen molar-refractivity contribution in [3.63, 3.8) is 0 Å². The third-order valence-electron chi connectivity index (χ3n) is 9.01. The van der Waals surface area contributed by atoms with Gasteiger partial charge in [-0.15, -0.1) is 0 Å². The molecule has 0 spiro atoms. The van der Waals surface area contributed by atoms with Crippen molar-refractivity contribution in [1.82, 2.24) is 20.1 Å². The van der Waals surface area contributed by atoms with Gasteiger partial charge in [-0.1, -0.05) is 56.3 Å². The van der Waals surface area contributed by atoms with Crippen LogP contribution in [0.3, 0.4) is 0 Å². The van der Waals surface area contributed by atoms with Crippen molar-refractivity contribution in [2.75, 3.05) is 26.4 Å². The van der Waals surface area contributed by atoms with Crippen LogP contribution in [-0.4, -0.2) is 67.8 Å². The maximum Gasteiger partial charge on any atom is 0.416 e. The zero-order valence-corrected chi connectivity index (χ0v) is 29.5. The molecule has 0 aliphatic carbocycles. The fourth-order valence-electron chi connectivity index (χ4n) is 6.77. The van der Waals surface area contributed by atoms with Crippen molar-refractivity contribution in [3.8, 4) is 11.3 Å². The van der Waals surface area contributed by atoms with Crippen molar-refractivity contribution in [1.29, 1.82) is 0 Å². The predicted octanol–water partition coefficient (Wildman–Crippen LogP) is 8.26. The molecule has 1 aliphatic rings. The highest BCUT2D eigenvalue weighted by molar-refractivity contribution is 7.90. The number of carbonyl (C=O) groups is 1. The van der Waals surface area contributed by atoms with E-state index in [0.717, 1.165) is 37.7 Å². The molecule has 5 rings (SSSR count). The minimum atomic E-state index is -4.93. The van der Waals surface area contributed by atoms with E-state index in [0.29, 0.717) is 19.0 Å². The van der Waals surface area contributed by atoms with Gasteiger partial charge in [0.2, 0.25) is 0 Å². The largest absolute Gasteiger partial charge is 0.416 e. The van der Waals surface area contributed by atoms with Gasteiger partial charge in [0.1, 0.15) is 0 Å². The topological polar surface area (TPSA) is 82.6 Å². The highest BCUT2D eigenvalue weighted by atomic mass is 32.2. The molecule has 4 aromatic rings. The van der Waals surface area contributed by atoms with E-state index in [1.54, 1.807) is 0 Å². The van der Waals surface area contributed by atoms with Gasteiger partial charge in [-0.25, -0.2) is 13.4 Å². The Morgan fingerprint density at radius 3 is 2.31 bits per heavy atom. The lowest BCUT2D eigenvalue weighted by molar-refractivity contribution is -0.155. The predicted molar refractivity (Wildman–Crippen MR) is 184 cm³/mol. The van der Waals surface area contributed by atoms with E-state index in [4.69, 9.17) is 4.98 Å². The summed E-state index contributed by atoms with van der Waals surface area (Å²) in [4.78, 5) is 23.2. The van der Waals surface area contributed by atoms with Crippen LogP contribution in [0.15, 0.2) is 77.7 Å². The Bertz CT molecular complexity index is 1980. The first kappa shape index (κ1) is 38.2. The number of fused-ring (bicyclic) bond motifs is 1. The van der Waals surface area contributed by atoms with Gasteiger partial charge in [-0.05, 0) is 74.7 Å². The maximum atomic E-state index is 14.6. The summed E-state index contributed by atoms with van der Waals surface area (Å²) < 4.78 is 111. The normalized spacial score (nSPS) is 16.9. The molecule has 1 fully saturated rings. The van der Waals surface area contributed by atoms with Gasteiger partial charge in [0.05, 0.1) is 33.4 Å². The number of amides is 1. The van der Waals surface area contributed by atoms with Crippen molar-refractivity contribution >= 4 is 26.6 Å². The van der Waals surface area contributed by atoms with E-state index in [-0.39, 0.29) is 56.5 Å². The molecule has 7 nitrogen and oxygen atoms in total. The number of halogens is 6. The Labute approximate surface area is 293 Å². The van der Waals surface area contributed by atoms with Gasteiger partial charge in [0, 0.05) is 35.9 Å². The SMILES string of the molecule is CC(C)CN(C)C1CCCCN1Cc1c(-c2cccc(C(F)(F)F)c2)nc2ccc(S(C)(=O)=O)cc2c1C(=O)N[C@H](c1ccccc1)C(F)(F)F. The number of hydrogen-bond acceptors (Lipinski definition) is 6. The van der Waals surface area contributed by atoms with E-state index >= 15 is 0 Å². The summed E-state index contributed by atoms with van der Waals surface area (Å²) in [5.41, 5.74) is -1.41. The van der Waals surface area contributed by atoms with E-state index in [9.17, 15) is 39.6 Å². The summed E-state index contributed by atoms with van der Waals surface area (Å²) >= 11 is 0. The molecule has 1 aliphatic heterocycles. The van der Waals surface area contributed by atoms with Gasteiger partial charge in [0.25, 0.3) is 5.91 Å². The molecule has 0 radical (unpaired) electrons. The highest BCUT2D eigenvalue weighted by Gasteiger charge is 2.43. The monoisotopic (exact) mass is 734 g/mol. The van der Waals surface area contributed by atoms with Crippen LogP contribution in [0.25, 0.3) is 22.2 Å². The molecular weight excluding hydrogens is 694 g/mol. The fraction of sp³-hybridized carbons (Fsp3) is 0.405. The molecule has 1 aromatic heterocycles. The van der Waals surface area contributed by atoms with Crippen molar-refractivity contribution in [3.05, 3.63) is 95.1 Å². The minimum Gasteiger partial charge on any atom is -0.337 e. The third kappa shape index (κ3) is 8.90. The molecule has 0 saturated carbocycles. The number of piperidine rings is 1. The van der Waals surface area contributed by atoms with E-state index < -0.39 is 39.7 Å². The number of nitrogens with zero attached hydrogens (tertiary/aromatic N) is 3. The number of aromatic nitrogens is 1. The first-order valence-corrected chi connectivity index (χ1v) is 18.4. The van der Waals surface area contributed by atoms with Gasteiger partial charge in [-0.2, -0.15) is 26.3 Å². The van der Waals surface area contributed by atoms with Crippen LogP contribution in [0, 0.1) is 5.92 Å². The second-order valence-electron chi connectivity index (χ2n) is 13.5. The highest BCUT2D eigenvalue weighted by Crippen LogP contribution is 2.39. The summed E-state index contributed by atoms with van der Waals surface area (Å²) in [6.07, 6.45) is -6.43. The van der Waals surface area contributed by atoms with Gasteiger partial charge in [0.15, 0.2) is 15.9 Å². The lowest BCUT2D eigenvalue weighted by Gasteiger charge is -2.42. The smallest absolute Gasteiger partial charge is 0.337 e. The van der Waals surface area contributed by atoms with Crippen LogP contribution < -0.4 is 5.32 Å². The lowest BCUT2D eigenvalue weighted by Crippen LogP contribution is -2.50. The van der Waals surface area contributed by atoms with E-state index in [1.807, 2.05) is 7.05 Å². The third-order valence-corrected chi connectivity index (χ3v) is 10.1. The lowest BCUT2D eigenvalue weighted by atomic mass is 9.93. The molecule has 51 heavy (non-hydrogen) atoms. The molecule has 0 bridgehead atoms. The fourth-order valence-corrected chi connectivity index (χ4v) is 7.42. The molecule has 1 amide bonds. The minimum absolute atomic E-state index is 0.00231. The molecule has 2 heterocycles. The summed E-state index contributed by atoms with van der Waals surface area (Å²) in [6.45, 7) is 5.32. The number of pyridine rings is 1. The van der Waals surface area contributed by atoms with Crippen molar-refractivity contribution < 1.29 is 39.6 Å². The van der Waals surface area contributed by atoms with Crippen LogP contribution in [0.1, 0.15) is 66.2 Å². The zero-order valence-electron chi connectivity index (χ0n) is 28.6. The first-order valence-electron chi connectivity index (χ1n) is 16.6. The molecule has 1 N–H and O–H groups in total. The maximum absolute atomic E-state index is 14.6. The Hall–Kier alpha value is -4.01. The Balaban J connectivity index is 1.81. The Kier molecular flexibility index (Phi) is 11.2. The molecule has 2 atom stereocenters. The summed E-state index contributed by atoms with van der Waals surface area (Å²) in [5, 5.41) is 2.10. The summed E-state index contributed by atoms with van der Waals surface area (Å²) in [6, 6.07) is 12.5. The average molecular weight is 735 g/mol. The molecule has 3 aromatic carbocycles. The van der Waals surface area contributed by atoms with Gasteiger partial charge < -0.3 is 5.32 Å². The second-order valence-corrected chi connectivity index (χ2v) is 15.5. The quantitative estimate of drug-likeness (QED) is 0.165. The summed E-state index contributed by atoms with van der Waals surface area (Å²) in [5.74, 6) is -0.874. The number of nitrogens with one attached hydrogen (secondary N) is 1. The molecular formula is C37H40F6N4O3S. The number of hydrogen-bond donors (Lipinski definition) is 1. The molecule has 274 valence electrons. The van der Waals surface area contributed by atoms with Crippen LogP contribution >= 0.6 is 0 Å². The zero-order chi connectivity index (χ0) is 37.3. The van der Waals surface area contributed by atoms with E-state index in [1.165, 1.54) is 60.7 Å². The molecule has 14 heteroatoms. The average Bonchev–Trinajstić information content (AvgIpc) is 3.05. The van der Waals surface area contributed by atoms with Crippen LogP contribution in [0.2, 0.25) is 0 Å². The van der Waals surface area contributed by atoms with Crippen LogP contribution in [-0.2, 0) is 22.6 Å². The number of sulfone groups is 1. The first-order chi connectivity index (χ1) is 23.8. The Morgan fingerprint density at radius 1 is 0.980 bits per heavy atom. The number of alkyl halides is 6. The van der Waals surface area contributed by atoms with Gasteiger partial charge in [-0.3, -0.25) is 14.6 Å². The van der Waals surface area contributed by atoms with Crippen molar-refractivity contribution in [2.45, 2.75) is 69.1 Å². The van der Waals surface area contributed by atoms with Crippen molar-refractivity contribution in [2.24, 2.45) is 5.92 Å². The molecule has 1 saturated heterocycles. The van der Waals surface area contributed by atoms with Crippen LogP contribution in [0.5, 0.6) is 0 Å². The second kappa shape index (κ2) is 14.9. The number of benzene rings is 3. The Morgan fingerprint density at radius 2 is 1.69 bits per heavy atom.